The predicted octanol–water partition coefficient (Wildman–Crippen LogP) is 12.6. The largest absolute Gasteiger partial charge is 0.839 e. The number of benzene rings is 2. The van der Waals surface area contributed by atoms with Crippen molar-refractivity contribution in [3.63, 3.8) is 0 Å². The first-order valence-corrected chi connectivity index (χ1v) is 29.8. The van der Waals surface area contributed by atoms with E-state index in [0.29, 0.717) is 60.7 Å². The molecule has 346 valence electrons. The highest BCUT2D eigenvalue weighted by Crippen LogP contribution is 2.22. The molecule has 0 spiro atoms. The summed E-state index contributed by atoms with van der Waals surface area (Å²) in [6, 6.07) is 14.5. The van der Waals surface area contributed by atoms with Crippen molar-refractivity contribution in [2.45, 2.75) is 181 Å². The van der Waals surface area contributed by atoms with Crippen LogP contribution in [0.15, 0.2) is 48.5 Å². The lowest BCUT2D eigenvalue weighted by Gasteiger charge is -2.40. The third kappa shape index (κ3) is 24.1. The lowest BCUT2D eigenvalue weighted by molar-refractivity contribution is -0.230. The van der Waals surface area contributed by atoms with E-state index in [0.717, 1.165) is 25.7 Å². The lowest BCUT2D eigenvalue weighted by atomic mass is 10.1. The summed E-state index contributed by atoms with van der Waals surface area (Å²) in [5.74, 6) is 0.194. The monoisotopic (exact) mass is 892 g/mol. The second-order valence-corrected chi connectivity index (χ2v) is 25.5. The average Bonchev–Trinajstić information content (AvgIpc) is 3.23. The van der Waals surface area contributed by atoms with Gasteiger partial charge in [0, 0.05) is 17.9 Å². The van der Waals surface area contributed by atoms with Gasteiger partial charge in [-0.2, -0.15) is 15.0 Å². The molecule has 62 heavy (non-hydrogen) atoms. The van der Waals surface area contributed by atoms with Gasteiger partial charge in [0.1, 0.15) is 0 Å². The molecule has 0 radical (unpaired) electrons. The zero-order chi connectivity index (χ0) is 44.9. The van der Waals surface area contributed by atoms with Crippen LogP contribution in [0.5, 0.6) is 0 Å². The predicted molar refractivity (Wildman–Crippen MR) is 257 cm³/mol. The highest BCUT2D eigenvalue weighted by Gasteiger charge is 2.23. The first-order chi connectivity index (χ1) is 29.9. The Labute approximate surface area is 375 Å². The number of carbonyl (C=O) groups is 2. The number of unbranched alkanes of at least 4 members (excludes halogenated alkanes) is 18. The number of esters is 2. The molecule has 2 aromatic carbocycles. The van der Waals surface area contributed by atoms with Gasteiger partial charge in [-0.1, -0.05) is 136 Å². The van der Waals surface area contributed by atoms with Gasteiger partial charge in [0.2, 0.25) is 17.8 Å². The van der Waals surface area contributed by atoms with Crippen LogP contribution in [0.4, 0.5) is 29.2 Å². The maximum absolute atomic E-state index is 13.1. The topological polar surface area (TPSA) is 160 Å². The lowest BCUT2D eigenvalue weighted by Crippen LogP contribution is -2.55. The Morgan fingerprint density at radius 1 is 0.516 bits per heavy atom. The Morgan fingerprint density at radius 3 is 1.24 bits per heavy atom. The number of nitrogens with one attached hydrogen (secondary N) is 3. The second kappa shape index (κ2) is 30.3. The molecule has 1 unspecified atom stereocenters. The van der Waals surface area contributed by atoms with E-state index in [1.807, 2.05) is 19.6 Å². The van der Waals surface area contributed by atoms with E-state index in [1.54, 1.807) is 55.1 Å². The Kier molecular flexibility index (Phi) is 25.6. The molecule has 3 rings (SSSR count). The van der Waals surface area contributed by atoms with Crippen LogP contribution in [0.3, 0.4) is 0 Å². The second-order valence-electron chi connectivity index (χ2n) is 17.7. The summed E-state index contributed by atoms with van der Waals surface area (Å²) in [4.78, 5) is 52.3. The van der Waals surface area contributed by atoms with E-state index in [2.05, 4.69) is 44.7 Å². The summed E-state index contributed by atoms with van der Waals surface area (Å²) in [6.45, 7) is 13.7. The van der Waals surface area contributed by atoms with E-state index in [-0.39, 0.29) is 23.8 Å². The van der Waals surface area contributed by atoms with E-state index >= 15 is 0 Å². The Morgan fingerprint density at radius 2 is 0.871 bits per heavy atom. The molecule has 0 amide bonds. The summed E-state index contributed by atoms with van der Waals surface area (Å²) in [6.07, 6.45) is 25.1. The summed E-state index contributed by atoms with van der Waals surface area (Å²) in [7, 11) is -4.97. The summed E-state index contributed by atoms with van der Waals surface area (Å²) >= 11 is 0. The quantitative estimate of drug-likeness (QED) is 0.0292. The van der Waals surface area contributed by atoms with Crippen molar-refractivity contribution in [1.82, 2.24) is 15.0 Å². The van der Waals surface area contributed by atoms with Gasteiger partial charge in [-0.3, -0.25) is 0 Å². The molecule has 0 aliphatic carbocycles. The van der Waals surface area contributed by atoms with Crippen LogP contribution in [0.2, 0.25) is 32.2 Å². The Hall–Kier alpha value is -3.86. The number of hydrogen-bond acceptors (Lipinski definition) is 12. The van der Waals surface area contributed by atoms with E-state index in [4.69, 9.17) is 13.6 Å². The van der Waals surface area contributed by atoms with Crippen molar-refractivity contribution in [3.05, 3.63) is 59.7 Å². The molecule has 0 aliphatic rings. The zero-order valence-corrected chi connectivity index (χ0v) is 41.1. The molecule has 0 bridgehead atoms. The van der Waals surface area contributed by atoms with Crippen molar-refractivity contribution < 1.29 is 28.0 Å². The van der Waals surface area contributed by atoms with Crippen LogP contribution < -0.4 is 20.7 Å². The maximum atomic E-state index is 13.1. The Balaban J connectivity index is 1.54. The fourth-order valence-electron chi connectivity index (χ4n) is 7.19. The molecule has 1 aromatic heterocycles. The molecule has 1 heterocycles. The summed E-state index contributed by atoms with van der Waals surface area (Å²) in [5.41, 5.74) is 2.30. The van der Waals surface area contributed by atoms with Crippen molar-refractivity contribution in [2.24, 2.45) is 0 Å². The molecule has 12 nitrogen and oxygen atoms in total. The molecule has 3 N–H and O–H groups in total. The summed E-state index contributed by atoms with van der Waals surface area (Å²) in [5, 5.41) is 9.70. The normalized spacial score (nSPS) is 12.4. The van der Waals surface area contributed by atoms with Gasteiger partial charge in [0.15, 0.2) is 8.32 Å². The molecule has 14 heteroatoms. The van der Waals surface area contributed by atoms with Crippen molar-refractivity contribution in [1.29, 1.82) is 0 Å². The number of rotatable bonds is 35. The Bertz CT molecular complexity index is 1570. The van der Waals surface area contributed by atoms with Gasteiger partial charge in [-0.05, 0) is 93.5 Å². The fraction of sp³-hybridized carbons (Fsp3) is 0.646. The van der Waals surface area contributed by atoms with Crippen LogP contribution in [-0.4, -0.2) is 63.5 Å². The first-order valence-electron chi connectivity index (χ1n) is 23.9. The molecular weight excluding hydrogens is 813 g/mol. The van der Waals surface area contributed by atoms with Gasteiger partial charge in [0.05, 0.1) is 32.9 Å². The van der Waals surface area contributed by atoms with Crippen LogP contribution in [0, 0.1) is 0 Å². The number of carbonyl (C=O) groups excluding carboxylic acids is 2. The molecule has 0 saturated heterocycles. The van der Waals surface area contributed by atoms with Crippen LogP contribution >= 0.6 is 0 Å². The minimum atomic E-state index is -3.04. The van der Waals surface area contributed by atoms with Gasteiger partial charge in [0.25, 0.3) is 0 Å². The third-order valence-electron chi connectivity index (χ3n) is 10.5. The number of anilines is 5. The average molecular weight is 892 g/mol. The molecule has 0 saturated carbocycles. The highest BCUT2D eigenvalue weighted by atomic mass is 28.4. The van der Waals surface area contributed by atoms with Crippen LogP contribution in [0.25, 0.3) is 0 Å². The van der Waals surface area contributed by atoms with E-state index in [9.17, 15) is 14.4 Å². The number of hydrogen-bond donors (Lipinski definition) is 3. The molecule has 3 aromatic rings. The number of aromatic nitrogens is 3. The van der Waals surface area contributed by atoms with Gasteiger partial charge < -0.3 is 34.3 Å². The number of nitrogens with zero attached hydrogens (tertiary/aromatic N) is 3. The standard InChI is InChI=1S/C48H79N6O6Si2/c1-7-9-11-13-15-17-19-21-23-25-37-58-44(55)40-28-32-42(33-29-40)50-47-52-46(49-36-27-39-62(6,57)60-61(3,4)5)53-48(54-47)51-43-34-30-41(31-35-43)45(56)59-38-26-24-22-20-18-16-14-12-10-8-2/h28-35H,7-27,36-39H2,1-6H3,(H3,49,50,51,52,53,54)/q-1. The van der Waals surface area contributed by atoms with E-state index in [1.165, 1.54) is 103 Å². The molecular formula is C48H79N6O6Si2-. The summed E-state index contributed by atoms with van der Waals surface area (Å²) < 4.78 is 17.1. The van der Waals surface area contributed by atoms with Crippen LogP contribution in [-0.2, 0) is 13.6 Å². The molecule has 1 atom stereocenters. The first kappa shape index (κ1) is 52.5. The molecule has 0 fully saturated rings. The van der Waals surface area contributed by atoms with Crippen molar-refractivity contribution in [3.8, 4) is 0 Å². The van der Waals surface area contributed by atoms with Crippen molar-refractivity contribution in [2.75, 3.05) is 35.7 Å². The van der Waals surface area contributed by atoms with E-state index < -0.39 is 16.9 Å². The SMILES string of the molecule is CCCCCCCCCCCCOC(=O)c1ccc(Nc2nc(NCCC[Si](C)([O-])O[Si](C)(C)C)nc(Nc3ccc(C(=O)OCCCCCCCCCCCC)cc3)n2)cc1. The highest BCUT2D eigenvalue weighted by molar-refractivity contribution is 6.80. The minimum absolute atomic E-state index is 0.276. The maximum Gasteiger partial charge on any atom is 0.338 e. The van der Waals surface area contributed by atoms with Crippen molar-refractivity contribution >= 4 is 58.0 Å². The molecule has 0 aliphatic heterocycles. The third-order valence-corrected chi connectivity index (χ3v) is 15.9. The fourth-order valence-corrected chi connectivity index (χ4v) is 13.6. The van der Waals surface area contributed by atoms with Gasteiger partial charge in [-0.15, -0.1) is 0 Å². The minimum Gasteiger partial charge on any atom is -0.839 e. The van der Waals surface area contributed by atoms with Gasteiger partial charge in [-0.25, -0.2) is 9.59 Å². The van der Waals surface area contributed by atoms with Crippen LogP contribution in [0.1, 0.15) is 169 Å². The van der Waals surface area contributed by atoms with Gasteiger partial charge >= 0.3 is 11.9 Å². The smallest absolute Gasteiger partial charge is 0.338 e. The number of ether oxygens (including phenoxy) is 2. The zero-order valence-electron chi connectivity index (χ0n) is 39.1.